The first-order valence-electron chi connectivity index (χ1n) is 15.4. The summed E-state index contributed by atoms with van der Waals surface area (Å²) in [5.41, 5.74) is 2.89. The van der Waals surface area contributed by atoms with Gasteiger partial charge in [0.25, 0.3) is 0 Å². The van der Waals surface area contributed by atoms with Crippen LogP contribution >= 0.6 is 23.1 Å². The van der Waals surface area contributed by atoms with Gasteiger partial charge in [0, 0.05) is 53.8 Å². The third kappa shape index (κ3) is 8.79. The first-order chi connectivity index (χ1) is 22.5. The lowest BCUT2D eigenvalue weighted by Gasteiger charge is -2.36. The lowest BCUT2D eigenvalue weighted by Crippen LogP contribution is -2.46. The Labute approximate surface area is 281 Å². The van der Waals surface area contributed by atoms with Crippen LogP contribution in [0.25, 0.3) is 10.6 Å². The van der Waals surface area contributed by atoms with Crippen LogP contribution in [0.1, 0.15) is 35.5 Å². The molecule has 1 fully saturated rings. The molecule has 1 unspecified atom stereocenters. The maximum absolute atomic E-state index is 13.2. The van der Waals surface area contributed by atoms with Crippen LogP contribution in [0.3, 0.4) is 0 Å². The second-order valence-corrected chi connectivity index (χ2v) is 13.3. The Morgan fingerprint density at radius 2 is 1.74 bits per heavy atom. The quantitative estimate of drug-likeness (QED) is 0.110. The van der Waals surface area contributed by atoms with Crippen molar-refractivity contribution in [3.05, 3.63) is 88.4 Å². The van der Waals surface area contributed by atoms with Crippen molar-refractivity contribution in [3.63, 3.8) is 0 Å². The van der Waals surface area contributed by atoms with E-state index in [-0.39, 0.29) is 0 Å². The van der Waals surface area contributed by atoms with Crippen LogP contribution in [0.2, 0.25) is 0 Å². The van der Waals surface area contributed by atoms with Crippen molar-refractivity contribution < 1.29 is 32.2 Å². The molecule has 250 valence electrons. The zero-order valence-corrected chi connectivity index (χ0v) is 28.4. The van der Waals surface area contributed by atoms with E-state index in [2.05, 4.69) is 15.9 Å². The highest BCUT2D eigenvalue weighted by molar-refractivity contribution is 7.98. The predicted octanol–water partition coefficient (Wildman–Crippen LogP) is 8.09. The second kappa shape index (κ2) is 15.4. The standard InChI is InChI=1S/C35H38F3N3O4S2/c1-5-44-34(42)24(3)45-30-15-14-27(20-23(30)2)46-22-32-28(39-33(47-32)25-10-12-26(13-11-25)35(36,37)38)21-40-16-18-41(19-17-40)29-8-6-7-9-31(29)43-4/h6-15,20,24H,5,16-19,21-22H2,1-4H3. The molecule has 7 nitrogen and oxygen atoms in total. The number of aromatic nitrogens is 1. The highest BCUT2D eigenvalue weighted by atomic mass is 32.2. The van der Waals surface area contributed by atoms with E-state index >= 15 is 0 Å². The number of carbonyl (C=O) groups excluding carboxylic acids is 1. The average Bonchev–Trinajstić information content (AvgIpc) is 3.47. The summed E-state index contributed by atoms with van der Waals surface area (Å²) < 4.78 is 56.1. The number of benzene rings is 3. The summed E-state index contributed by atoms with van der Waals surface area (Å²) in [6, 6.07) is 19.1. The predicted molar refractivity (Wildman–Crippen MR) is 180 cm³/mol. The van der Waals surface area contributed by atoms with Crippen molar-refractivity contribution in [3.8, 4) is 22.1 Å². The summed E-state index contributed by atoms with van der Waals surface area (Å²) in [7, 11) is 1.68. The van der Waals surface area contributed by atoms with Gasteiger partial charge in [-0.25, -0.2) is 9.78 Å². The monoisotopic (exact) mass is 685 g/mol. The van der Waals surface area contributed by atoms with E-state index in [1.165, 1.54) is 23.5 Å². The molecule has 3 aromatic carbocycles. The third-order valence-electron chi connectivity index (χ3n) is 7.85. The Bertz CT molecular complexity index is 1650. The van der Waals surface area contributed by atoms with Crippen molar-refractivity contribution in [2.24, 2.45) is 0 Å². The molecule has 1 atom stereocenters. The van der Waals surface area contributed by atoms with Gasteiger partial charge in [-0.3, -0.25) is 4.90 Å². The SMILES string of the molecule is CCOC(=O)C(C)Oc1ccc(SCc2sc(-c3ccc(C(F)(F)F)cc3)nc2CN2CCN(c3ccccc3OC)CC2)cc1C. The van der Waals surface area contributed by atoms with E-state index in [9.17, 15) is 18.0 Å². The number of para-hydroxylation sites is 2. The lowest BCUT2D eigenvalue weighted by atomic mass is 10.1. The molecule has 0 spiro atoms. The molecule has 47 heavy (non-hydrogen) atoms. The van der Waals surface area contributed by atoms with Gasteiger partial charge in [-0.1, -0.05) is 24.3 Å². The number of aryl methyl sites for hydroxylation is 1. The minimum Gasteiger partial charge on any atom is -0.495 e. The van der Waals surface area contributed by atoms with E-state index < -0.39 is 23.8 Å². The normalized spacial score (nSPS) is 14.6. The fraction of sp³-hybridized carbons (Fsp3) is 0.371. The summed E-state index contributed by atoms with van der Waals surface area (Å²) in [5.74, 6) is 1.70. The number of rotatable bonds is 12. The Morgan fingerprint density at radius 3 is 2.40 bits per heavy atom. The Kier molecular flexibility index (Phi) is 11.4. The number of esters is 1. The summed E-state index contributed by atoms with van der Waals surface area (Å²) in [6.07, 6.45) is -5.11. The molecule has 0 amide bonds. The smallest absolute Gasteiger partial charge is 0.416 e. The fourth-order valence-corrected chi connectivity index (χ4v) is 7.46. The number of hydrogen-bond acceptors (Lipinski definition) is 9. The fourth-order valence-electron chi connectivity index (χ4n) is 5.29. The van der Waals surface area contributed by atoms with Crippen molar-refractivity contribution in [2.45, 2.75) is 50.2 Å². The minimum absolute atomic E-state index is 0.292. The highest BCUT2D eigenvalue weighted by Gasteiger charge is 2.30. The minimum atomic E-state index is -4.39. The van der Waals surface area contributed by atoms with Gasteiger partial charge in [0.05, 0.1) is 30.7 Å². The van der Waals surface area contributed by atoms with Gasteiger partial charge in [-0.2, -0.15) is 13.2 Å². The van der Waals surface area contributed by atoms with Gasteiger partial charge in [0.15, 0.2) is 6.10 Å². The maximum atomic E-state index is 13.2. The maximum Gasteiger partial charge on any atom is 0.416 e. The van der Waals surface area contributed by atoms with E-state index in [0.29, 0.717) is 35.2 Å². The van der Waals surface area contributed by atoms with Crippen molar-refractivity contribution >= 4 is 34.8 Å². The average molecular weight is 686 g/mol. The number of nitrogens with zero attached hydrogens (tertiary/aromatic N) is 3. The van der Waals surface area contributed by atoms with Crippen LogP contribution in [0, 0.1) is 6.92 Å². The summed E-state index contributed by atoms with van der Waals surface area (Å²) in [5, 5.41) is 0.699. The first-order valence-corrected chi connectivity index (χ1v) is 17.2. The molecule has 12 heteroatoms. The van der Waals surface area contributed by atoms with Gasteiger partial charge in [0.1, 0.15) is 16.5 Å². The number of piperazine rings is 1. The molecule has 0 aliphatic carbocycles. The van der Waals surface area contributed by atoms with E-state index in [1.54, 1.807) is 32.7 Å². The molecule has 1 saturated heterocycles. The third-order valence-corrected chi connectivity index (χ3v) is 10.2. The summed E-state index contributed by atoms with van der Waals surface area (Å²) >= 11 is 3.17. The number of halogens is 3. The van der Waals surface area contributed by atoms with Crippen molar-refractivity contribution in [1.29, 1.82) is 0 Å². The number of methoxy groups -OCH3 is 1. The topological polar surface area (TPSA) is 64.1 Å². The second-order valence-electron chi connectivity index (χ2n) is 11.1. The molecule has 1 aliphatic heterocycles. The highest BCUT2D eigenvalue weighted by Crippen LogP contribution is 2.37. The van der Waals surface area contributed by atoms with Crippen LogP contribution in [0.4, 0.5) is 18.9 Å². The number of ether oxygens (including phenoxy) is 3. The van der Waals surface area contributed by atoms with Crippen LogP contribution in [0.15, 0.2) is 71.6 Å². The van der Waals surface area contributed by atoms with Crippen LogP contribution in [-0.4, -0.2) is 61.9 Å². The Balaban J connectivity index is 1.31. The zero-order valence-electron chi connectivity index (χ0n) is 26.8. The molecular formula is C35H38F3N3O4S2. The van der Waals surface area contributed by atoms with E-state index in [4.69, 9.17) is 19.2 Å². The number of carbonyl (C=O) groups is 1. The molecular weight excluding hydrogens is 648 g/mol. The van der Waals surface area contributed by atoms with Crippen LogP contribution < -0.4 is 14.4 Å². The lowest BCUT2D eigenvalue weighted by molar-refractivity contribution is -0.150. The molecule has 1 aliphatic rings. The van der Waals surface area contributed by atoms with Gasteiger partial charge < -0.3 is 19.1 Å². The molecule has 0 bridgehead atoms. The van der Waals surface area contributed by atoms with Crippen molar-refractivity contribution in [1.82, 2.24) is 9.88 Å². The van der Waals surface area contributed by atoms with E-state index in [0.717, 1.165) is 70.8 Å². The molecule has 0 radical (unpaired) electrons. The summed E-state index contributed by atoms with van der Waals surface area (Å²) in [4.78, 5) is 23.8. The summed E-state index contributed by atoms with van der Waals surface area (Å²) in [6.45, 7) is 9.63. The molecule has 0 saturated carbocycles. The Morgan fingerprint density at radius 1 is 1.02 bits per heavy atom. The van der Waals surface area contributed by atoms with Crippen LogP contribution in [0.5, 0.6) is 11.5 Å². The van der Waals surface area contributed by atoms with Gasteiger partial charge >= 0.3 is 12.1 Å². The Hall–Kier alpha value is -3.74. The largest absolute Gasteiger partial charge is 0.495 e. The number of alkyl halides is 3. The number of hydrogen-bond donors (Lipinski definition) is 0. The molecule has 5 rings (SSSR count). The number of thiazole rings is 1. The van der Waals surface area contributed by atoms with Gasteiger partial charge in [0.2, 0.25) is 0 Å². The molecule has 0 N–H and O–H groups in total. The number of anilines is 1. The van der Waals surface area contributed by atoms with Gasteiger partial charge in [-0.15, -0.1) is 23.1 Å². The van der Waals surface area contributed by atoms with Crippen LogP contribution in [-0.2, 0) is 28.0 Å². The van der Waals surface area contributed by atoms with Gasteiger partial charge in [-0.05, 0) is 68.8 Å². The molecule has 2 heterocycles. The first kappa shape index (κ1) is 34.6. The molecule has 4 aromatic rings. The molecule has 1 aromatic heterocycles. The van der Waals surface area contributed by atoms with Crippen molar-refractivity contribution in [2.75, 3.05) is 44.8 Å². The number of thioether (sulfide) groups is 1. The van der Waals surface area contributed by atoms with E-state index in [1.807, 2.05) is 43.3 Å². The zero-order chi connectivity index (χ0) is 33.6.